The number of benzene rings is 2. The minimum atomic E-state index is -0.299. The van der Waals surface area contributed by atoms with Crippen LogP contribution in [0.15, 0.2) is 54.6 Å². The monoisotopic (exact) mass is 382 g/mol. The van der Waals surface area contributed by atoms with Crippen molar-refractivity contribution in [3.05, 3.63) is 71.5 Å². The lowest BCUT2D eigenvalue weighted by molar-refractivity contribution is -0.138. The van der Waals surface area contributed by atoms with Gasteiger partial charge >= 0.3 is 0 Å². The Balaban J connectivity index is 1.60. The van der Waals surface area contributed by atoms with Crippen molar-refractivity contribution in [2.45, 2.75) is 39.3 Å². The van der Waals surface area contributed by atoms with Crippen LogP contribution in [0.3, 0.4) is 0 Å². The van der Waals surface area contributed by atoms with E-state index in [0.29, 0.717) is 26.1 Å². The van der Waals surface area contributed by atoms with Gasteiger partial charge in [-0.3, -0.25) is 9.59 Å². The predicted octanol–water partition coefficient (Wildman–Crippen LogP) is 3.65. The minimum Gasteiger partial charge on any atom is -0.342 e. The van der Waals surface area contributed by atoms with E-state index in [-0.39, 0.29) is 36.0 Å². The van der Waals surface area contributed by atoms with E-state index in [4.69, 9.17) is 0 Å². The predicted molar refractivity (Wildman–Crippen MR) is 107 cm³/mol. The van der Waals surface area contributed by atoms with Crippen LogP contribution in [0.2, 0.25) is 0 Å². The zero-order chi connectivity index (χ0) is 20.1. The lowest BCUT2D eigenvalue weighted by atomic mass is 10.1. The van der Waals surface area contributed by atoms with Gasteiger partial charge in [-0.1, -0.05) is 42.5 Å². The molecule has 2 amide bonds. The van der Waals surface area contributed by atoms with Crippen LogP contribution < -0.4 is 0 Å². The molecule has 28 heavy (non-hydrogen) atoms. The van der Waals surface area contributed by atoms with Gasteiger partial charge in [0, 0.05) is 32.1 Å². The highest BCUT2D eigenvalue weighted by atomic mass is 19.1. The van der Waals surface area contributed by atoms with E-state index in [0.717, 1.165) is 11.1 Å². The molecule has 0 unspecified atom stereocenters. The van der Waals surface area contributed by atoms with Gasteiger partial charge in [-0.05, 0) is 43.5 Å². The molecule has 5 heteroatoms. The summed E-state index contributed by atoms with van der Waals surface area (Å²) in [4.78, 5) is 29.1. The molecule has 1 heterocycles. The first-order chi connectivity index (χ1) is 13.4. The fraction of sp³-hybridized carbons (Fsp3) is 0.391. The summed E-state index contributed by atoms with van der Waals surface area (Å²) in [5, 5.41) is 0. The average molecular weight is 382 g/mol. The first-order valence-corrected chi connectivity index (χ1v) is 9.80. The maximum absolute atomic E-state index is 13.1. The fourth-order valence-corrected chi connectivity index (χ4v) is 3.60. The van der Waals surface area contributed by atoms with E-state index < -0.39 is 0 Å². The second-order valence-corrected chi connectivity index (χ2v) is 7.66. The number of rotatable bonds is 7. The number of hydrogen-bond acceptors (Lipinski definition) is 2. The number of halogens is 1. The van der Waals surface area contributed by atoms with Crippen molar-refractivity contribution in [2.75, 3.05) is 13.1 Å². The average Bonchev–Trinajstić information content (AvgIpc) is 3.06. The molecule has 148 valence electrons. The molecule has 2 aromatic rings. The highest BCUT2D eigenvalue weighted by molar-refractivity contribution is 5.89. The third-order valence-corrected chi connectivity index (χ3v) is 5.25. The number of nitrogens with zero attached hydrogens (tertiary/aromatic N) is 2. The third-order valence-electron chi connectivity index (χ3n) is 5.25. The molecule has 1 aliphatic rings. The molecule has 0 aliphatic carbocycles. The van der Waals surface area contributed by atoms with Crippen molar-refractivity contribution in [2.24, 2.45) is 5.92 Å². The summed E-state index contributed by atoms with van der Waals surface area (Å²) in [6.45, 7) is 5.57. The van der Waals surface area contributed by atoms with Crippen LogP contribution in [0.1, 0.15) is 31.4 Å². The summed E-state index contributed by atoms with van der Waals surface area (Å²) in [6.07, 6.45) is 0.922. The van der Waals surface area contributed by atoms with Crippen LogP contribution in [0, 0.1) is 11.7 Å². The van der Waals surface area contributed by atoms with Gasteiger partial charge in [0.2, 0.25) is 11.8 Å². The first kappa shape index (κ1) is 20.1. The molecule has 1 aliphatic heterocycles. The Kier molecular flexibility index (Phi) is 6.45. The molecule has 0 saturated carbocycles. The van der Waals surface area contributed by atoms with E-state index in [9.17, 15) is 14.0 Å². The molecule has 4 nitrogen and oxygen atoms in total. The first-order valence-electron chi connectivity index (χ1n) is 9.80. The summed E-state index contributed by atoms with van der Waals surface area (Å²) in [6, 6.07) is 16.3. The van der Waals surface area contributed by atoms with Gasteiger partial charge in [0.1, 0.15) is 5.82 Å². The number of hydrogen-bond donors (Lipinski definition) is 0. The van der Waals surface area contributed by atoms with Crippen molar-refractivity contribution in [1.29, 1.82) is 0 Å². The van der Waals surface area contributed by atoms with Gasteiger partial charge in [-0.25, -0.2) is 4.39 Å². The van der Waals surface area contributed by atoms with Gasteiger partial charge in [-0.15, -0.1) is 0 Å². The largest absolute Gasteiger partial charge is 0.342 e. The zero-order valence-electron chi connectivity index (χ0n) is 16.5. The van der Waals surface area contributed by atoms with E-state index >= 15 is 0 Å². The molecule has 1 atom stereocenters. The molecule has 2 aromatic carbocycles. The van der Waals surface area contributed by atoms with Gasteiger partial charge < -0.3 is 9.80 Å². The fourth-order valence-electron chi connectivity index (χ4n) is 3.60. The molecular weight excluding hydrogens is 355 g/mol. The summed E-state index contributed by atoms with van der Waals surface area (Å²) >= 11 is 0. The second kappa shape index (κ2) is 9.00. The molecular formula is C23H27FN2O2. The van der Waals surface area contributed by atoms with E-state index in [1.807, 2.05) is 49.1 Å². The van der Waals surface area contributed by atoms with E-state index in [1.165, 1.54) is 12.1 Å². The van der Waals surface area contributed by atoms with Crippen LogP contribution in [0.25, 0.3) is 0 Å². The maximum atomic E-state index is 13.1. The molecule has 0 N–H and O–H groups in total. The lowest BCUT2D eigenvalue weighted by Crippen LogP contribution is -2.41. The molecule has 0 aromatic heterocycles. The van der Waals surface area contributed by atoms with Gasteiger partial charge in [0.25, 0.3) is 0 Å². The van der Waals surface area contributed by atoms with Gasteiger partial charge in [0.05, 0.1) is 5.92 Å². The normalized spacial score (nSPS) is 16.6. The van der Waals surface area contributed by atoms with E-state index in [1.54, 1.807) is 17.0 Å². The summed E-state index contributed by atoms with van der Waals surface area (Å²) in [5.74, 6) is -0.508. The van der Waals surface area contributed by atoms with Crippen molar-refractivity contribution in [3.63, 3.8) is 0 Å². The van der Waals surface area contributed by atoms with E-state index in [2.05, 4.69) is 0 Å². The Morgan fingerprint density at radius 1 is 1.11 bits per heavy atom. The third kappa shape index (κ3) is 4.97. The topological polar surface area (TPSA) is 40.6 Å². The molecule has 3 rings (SSSR count). The van der Waals surface area contributed by atoms with Gasteiger partial charge in [-0.2, -0.15) is 0 Å². The van der Waals surface area contributed by atoms with Crippen LogP contribution >= 0.6 is 0 Å². The highest BCUT2D eigenvalue weighted by Crippen LogP contribution is 2.23. The maximum Gasteiger partial charge on any atom is 0.228 e. The molecule has 1 fully saturated rings. The Hall–Kier alpha value is -2.69. The second-order valence-electron chi connectivity index (χ2n) is 7.66. The Morgan fingerprint density at radius 2 is 1.79 bits per heavy atom. The number of amides is 2. The lowest BCUT2D eigenvalue weighted by Gasteiger charge is -2.29. The number of carbonyl (C=O) groups excluding carboxylic acids is 2. The van der Waals surface area contributed by atoms with Gasteiger partial charge in [0.15, 0.2) is 0 Å². The standard InChI is InChI=1S/C23H27FN2O2/c1-17(2)26(15-19-6-4-3-5-7-19)23(28)20-14-22(27)25(16-20)13-12-18-8-10-21(24)11-9-18/h3-11,17,20H,12-16H2,1-2H3/t20-/m0/s1. The summed E-state index contributed by atoms with van der Waals surface area (Å²) in [5.41, 5.74) is 2.07. The van der Waals surface area contributed by atoms with Crippen molar-refractivity contribution in [3.8, 4) is 0 Å². The smallest absolute Gasteiger partial charge is 0.228 e. The Bertz CT molecular complexity index is 805. The van der Waals surface area contributed by atoms with Crippen molar-refractivity contribution >= 4 is 11.8 Å². The molecule has 0 spiro atoms. The van der Waals surface area contributed by atoms with Crippen LogP contribution in [-0.2, 0) is 22.6 Å². The molecule has 0 radical (unpaired) electrons. The molecule has 0 bridgehead atoms. The van der Waals surface area contributed by atoms with Crippen LogP contribution in [0.4, 0.5) is 4.39 Å². The SMILES string of the molecule is CC(C)N(Cc1ccccc1)C(=O)[C@H]1CC(=O)N(CCc2ccc(F)cc2)C1. The molecule has 1 saturated heterocycles. The quantitative estimate of drug-likeness (QED) is 0.733. The number of likely N-dealkylation sites (tertiary alicyclic amines) is 1. The Morgan fingerprint density at radius 3 is 2.43 bits per heavy atom. The van der Waals surface area contributed by atoms with Crippen LogP contribution in [0.5, 0.6) is 0 Å². The minimum absolute atomic E-state index is 0.0175. The van der Waals surface area contributed by atoms with Crippen molar-refractivity contribution < 1.29 is 14.0 Å². The summed E-state index contributed by atoms with van der Waals surface area (Å²) in [7, 11) is 0. The van der Waals surface area contributed by atoms with Crippen molar-refractivity contribution in [1.82, 2.24) is 9.80 Å². The van der Waals surface area contributed by atoms with Crippen LogP contribution in [-0.4, -0.2) is 40.7 Å². The highest BCUT2D eigenvalue weighted by Gasteiger charge is 2.36. The number of carbonyl (C=O) groups is 2. The Labute approximate surface area is 166 Å². The summed E-state index contributed by atoms with van der Waals surface area (Å²) < 4.78 is 13.0. The zero-order valence-corrected chi connectivity index (χ0v) is 16.5.